The van der Waals surface area contributed by atoms with Gasteiger partial charge in [0.25, 0.3) is 0 Å². The molecule has 4 nitrogen and oxygen atoms in total. The molecule has 2 heterocycles. The Labute approximate surface area is 170 Å². The first-order chi connectivity index (χ1) is 14.7. The summed E-state index contributed by atoms with van der Waals surface area (Å²) >= 11 is 0. The van der Waals surface area contributed by atoms with E-state index in [9.17, 15) is 9.59 Å². The first-order valence-electron chi connectivity index (χ1n) is 9.62. The first-order valence-corrected chi connectivity index (χ1v) is 9.62. The first kappa shape index (κ1) is 16.7. The second-order valence-corrected chi connectivity index (χ2v) is 7.23. The lowest BCUT2D eigenvalue weighted by molar-refractivity contribution is 0.561. The number of rotatable bonds is 2. The molecule has 6 rings (SSSR count). The molecule has 0 aliphatic carbocycles. The van der Waals surface area contributed by atoms with E-state index < -0.39 is 11.3 Å². The fourth-order valence-electron chi connectivity index (χ4n) is 4.30. The highest BCUT2D eigenvalue weighted by Crippen LogP contribution is 2.39. The molecule has 0 atom stereocenters. The summed E-state index contributed by atoms with van der Waals surface area (Å²) in [6.45, 7) is 0. The van der Waals surface area contributed by atoms with Crippen molar-refractivity contribution in [2.75, 3.05) is 0 Å². The van der Waals surface area contributed by atoms with Crippen molar-refractivity contribution in [1.29, 1.82) is 0 Å². The Hall–Kier alpha value is -4.18. The molecular weight excluding hydrogens is 376 g/mol. The Kier molecular flexibility index (Phi) is 3.44. The van der Waals surface area contributed by atoms with E-state index in [1.54, 1.807) is 12.1 Å². The summed E-state index contributed by atoms with van der Waals surface area (Å²) in [5.41, 5.74) is 2.74. The maximum atomic E-state index is 12.8. The minimum Gasteiger partial charge on any atom is -0.422 e. The van der Waals surface area contributed by atoms with Crippen LogP contribution in [0.3, 0.4) is 0 Å². The third-order valence-corrected chi connectivity index (χ3v) is 5.56. The van der Waals surface area contributed by atoms with E-state index in [1.165, 1.54) is 0 Å². The van der Waals surface area contributed by atoms with Gasteiger partial charge in [0.15, 0.2) is 0 Å². The predicted molar refractivity (Wildman–Crippen MR) is 118 cm³/mol. The van der Waals surface area contributed by atoms with Crippen LogP contribution in [0.2, 0.25) is 0 Å². The smallest absolute Gasteiger partial charge is 0.344 e. The molecule has 6 aromatic rings. The van der Waals surface area contributed by atoms with Gasteiger partial charge in [0.05, 0.1) is 11.1 Å². The second kappa shape index (κ2) is 6.16. The van der Waals surface area contributed by atoms with Gasteiger partial charge in [-0.05, 0) is 35.4 Å². The Morgan fingerprint density at radius 2 is 0.867 bits per heavy atom. The average molecular weight is 390 g/mol. The lowest BCUT2D eigenvalue weighted by atomic mass is 9.93. The van der Waals surface area contributed by atoms with E-state index in [-0.39, 0.29) is 0 Å². The van der Waals surface area contributed by atoms with Gasteiger partial charge in [-0.1, -0.05) is 60.7 Å². The summed E-state index contributed by atoms with van der Waals surface area (Å²) in [6, 6.07) is 26.1. The van der Waals surface area contributed by atoms with Crippen molar-refractivity contribution in [2.45, 2.75) is 0 Å². The molecule has 30 heavy (non-hydrogen) atoms. The fourth-order valence-corrected chi connectivity index (χ4v) is 4.30. The molecule has 2 aromatic heterocycles. The van der Waals surface area contributed by atoms with Crippen LogP contribution in [-0.4, -0.2) is 0 Å². The van der Waals surface area contributed by atoms with E-state index in [0.717, 1.165) is 32.7 Å². The van der Waals surface area contributed by atoms with Crippen LogP contribution in [0.25, 0.3) is 55.0 Å². The Morgan fingerprint density at radius 1 is 0.467 bits per heavy atom. The highest BCUT2D eigenvalue weighted by molar-refractivity contribution is 6.24. The molecular formula is C26H14O4. The molecule has 0 spiro atoms. The van der Waals surface area contributed by atoms with E-state index in [2.05, 4.69) is 0 Å². The zero-order valence-electron chi connectivity index (χ0n) is 15.7. The van der Waals surface area contributed by atoms with Crippen molar-refractivity contribution in [3.8, 4) is 22.3 Å². The molecule has 0 saturated heterocycles. The molecule has 0 bridgehead atoms. The molecule has 4 heteroatoms. The lowest BCUT2D eigenvalue weighted by Gasteiger charge is -2.13. The quantitative estimate of drug-likeness (QED) is 0.276. The van der Waals surface area contributed by atoms with Crippen LogP contribution in [0.15, 0.2) is 103 Å². The standard InChI is InChI=1S/C26H14O4/c27-25-21(15-7-3-1-4-8-15)17-11-13-20-24-18(12-14-19(29-25)23(17)24)22(26(28)30-20)16-9-5-2-6-10-16/h1-14H. The normalized spacial score (nSPS) is 11.6. The molecule has 0 N–H and O–H groups in total. The van der Waals surface area contributed by atoms with Crippen molar-refractivity contribution < 1.29 is 8.83 Å². The van der Waals surface area contributed by atoms with Gasteiger partial charge >= 0.3 is 11.3 Å². The summed E-state index contributed by atoms with van der Waals surface area (Å²) in [6.07, 6.45) is 0. The Bertz CT molecular complexity index is 1530. The summed E-state index contributed by atoms with van der Waals surface area (Å²) in [5.74, 6) is 0. The maximum Gasteiger partial charge on any atom is 0.344 e. The van der Waals surface area contributed by atoms with Gasteiger partial charge in [0.2, 0.25) is 0 Å². The van der Waals surface area contributed by atoms with Crippen molar-refractivity contribution >= 4 is 32.7 Å². The van der Waals surface area contributed by atoms with E-state index in [0.29, 0.717) is 22.3 Å². The highest BCUT2D eigenvalue weighted by Gasteiger charge is 2.21. The molecule has 0 fully saturated rings. The van der Waals surface area contributed by atoms with Crippen LogP contribution in [0, 0.1) is 0 Å². The summed E-state index contributed by atoms with van der Waals surface area (Å²) < 4.78 is 11.4. The Morgan fingerprint density at radius 3 is 1.27 bits per heavy atom. The van der Waals surface area contributed by atoms with Crippen LogP contribution in [0.5, 0.6) is 0 Å². The summed E-state index contributed by atoms with van der Waals surface area (Å²) in [4.78, 5) is 25.7. The maximum absolute atomic E-state index is 12.8. The lowest BCUT2D eigenvalue weighted by Crippen LogP contribution is -2.07. The molecule has 0 aliphatic heterocycles. The largest absolute Gasteiger partial charge is 0.422 e. The van der Waals surface area contributed by atoms with Crippen molar-refractivity contribution in [3.63, 3.8) is 0 Å². The molecule has 0 unspecified atom stereocenters. The third-order valence-electron chi connectivity index (χ3n) is 5.56. The molecule has 0 saturated carbocycles. The van der Waals surface area contributed by atoms with Gasteiger partial charge in [0, 0.05) is 21.5 Å². The molecule has 0 aliphatic rings. The minimum absolute atomic E-state index is 0.392. The SMILES string of the molecule is O=c1oc2ccc3c(-c4ccccc4)c(=O)oc4ccc(c1-c1ccccc1)c2c43. The van der Waals surface area contributed by atoms with Crippen LogP contribution < -0.4 is 11.3 Å². The van der Waals surface area contributed by atoms with E-state index in [4.69, 9.17) is 8.83 Å². The van der Waals surface area contributed by atoms with Gasteiger partial charge in [-0.2, -0.15) is 0 Å². The number of hydrogen-bond acceptors (Lipinski definition) is 4. The zero-order chi connectivity index (χ0) is 20.2. The van der Waals surface area contributed by atoms with Gasteiger partial charge in [-0.15, -0.1) is 0 Å². The molecule has 142 valence electrons. The van der Waals surface area contributed by atoms with E-state index >= 15 is 0 Å². The number of hydrogen-bond donors (Lipinski definition) is 0. The van der Waals surface area contributed by atoms with Gasteiger partial charge in [0.1, 0.15) is 11.2 Å². The van der Waals surface area contributed by atoms with Gasteiger partial charge in [-0.3, -0.25) is 0 Å². The molecule has 4 aromatic carbocycles. The Balaban J connectivity index is 1.84. The monoisotopic (exact) mass is 390 g/mol. The predicted octanol–water partition coefficient (Wildman–Crippen LogP) is 5.82. The topological polar surface area (TPSA) is 60.4 Å². The van der Waals surface area contributed by atoms with Crippen molar-refractivity contribution in [1.82, 2.24) is 0 Å². The summed E-state index contributed by atoms with van der Waals surface area (Å²) in [5, 5.41) is 3.12. The average Bonchev–Trinajstić information content (AvgIpc) is 2.78. The zero-order valence-corrected chi connectivity index (χ0v) is 15.7. The van der Waals surface area contributed by atoms with E-state index in [1.807, 2.05) is 72.8 Å². The molecule has 0 amide bonds. The van der Waals surface area contributed by atoms with Gasteiger partial charge < -0.3 is 8.83 Å². The van der Waals surface area contributed by atoms with Crippen molar-refractivity contribution in [3.05, 3.63) is 106 Å². The fraction of sp³-hybridized carbons (Fsp3) is 0. The van der Waals surface area contributed by atoms with Crippen LogP contribution in [0.4, 0.5) is 0 Å². The van der Waals surface area contributed by atoms with Gasteiger partial charge in [-0.25, -0.2) is 9.59 Å². The molecule has 0 radical (unpaired) electrons. The highest BCUT2D eigenvalue weighted by atomic mass is 16.4. The number of benzene rings is 4. The third kappa shape index (κ3) is 2.28. The summed E-state index contributed by atoms with van der Waals surface area (Å²) in [7, 11) is 0. The van der Waals surface area contributed by atoms with Crippen molar-refractivity contribution in [2.24, 2.45) is 0 Å². The second-order valence-electron chi connectivity index (χ2n) is 7.23. The minimum atomic E-state index is -0.392. The van der Waals surface area contributed by atoms with Crippen LogP contribution in [-0.2, 0) is 0 Å². The van der Waals surface area contributed by atoms with Crippen LogP contribution >= 0.6 is 0 Å². The van der Waals surface area contributed by atoms with Crippen LogP contribution in [0.1, 0.15) is 0 Å².